The van der Waals surface area contributed by atoms with Crippen LogP contribution in [0.1, 0.15) is 25.5 Å². The Hall–Kier alpha value is -1.98. The smallest absolute Gasteiger partial charge is 0.269 e. The molecule has 5 nitrogen and oxygen atoms in total. The van der Waals surface area contributed by atoms with Crippen molar-refractivity contribution in [2.45, 2.75) is 19.8 Å². The molecule has 0 aliphatic rings. The Morgan fingerprint density at radius 1 is 1.35 bits per heavy atom. The van der Waals surface area contributed by atoms with E-state index in [0.29, 0.717) is 11.7 Å². The van der Waals surface area contributed by atoms with Crippen molar-refractivity contribution >= 4 is 0 Å². The number of ether oxygens (including phenoxy) is 1. The molecule has 0 fully saturated rings. The van der Waals surface area contributed by atoms with E-state index in [4.69, 9.17) is 4.74 Å². The highest BCUT2D eigenvalue weighted by Gasteiger charge is 2.10. The second-order valence-corrected chi connectivity index (χ2v) is 3.92. The lowest BCUT2D eigenvalue weighted by atomic mass is 10.2. The highest BCUT2D eigenvalue weighted by molar-refractivity contribution is 5.26. The zero-order chi connectivity index (χ0) is 12.4. The van der Waals surface area contributed by atoms with Gasteiger partial charge in [0.2, 0.25) is 0 Å². The SMILES string of the molecule is COc1nnc(-n2cnc(C(C)C)c2)cc1F. The summed E-state index contributed by atoms with van der Waals surface area (Å²) in [7, 11) is 1.35. The maximum atomic E-state index is 13.4. The predicted octanol–water partition coefficient (Wildman–Crippen LogP) is 1.93. The van der Waals surface area contributed by atoms with E-state index in [0.717, 1.165) is 5.69 Å². The first-order chi connectivity index (χ1) is 8.11. The summed E-state index contributed by atoms with van der Waals surface area (Å²) in [6, 6.07) is 1.26. The monoisotopic (exact) mass is 236 g/mol. The number of aromatic nitrogens is 4. The van der Waals surface area contributed by atoms with Crippen molar-refractivity contribution in [1.82, 2.24) is 19.7 Å². The summed E-state index contributed by atoms with van der Waals surface area (Å²) < 4.78 is 19.8. The summed E-state index contributed by atoms with van der Waals surface area (Å²) in [4.78, 5) is 4.21. The van der Waals surface area contributed by atoms with Crippen LogP contribution in [-0.2, 0) is 0 Å². The van der Waals surface area contributed by atoms with E-state index < -0.39 is 5.82 Å². The minimum absolute atomic E-state index is 0.113. The molecule has 0 aromatic carbocycles. The quantitative estimate of drug-likeness (QED) is 0.817. The summed E-state index contributed by atoms with van der Waals surface area (Å²) >= 11 is 0. The van der Waals surface area contributed by atoms with Crippen molar-refractivity contribution in [2.75, 3.05) is 7.11 Å². The fourth-order valence-corrected chi connectivity index (χ4v) is 1.37. The van der Waals surface area contributed by atoms with E-state index in [9.17, 15) is 4.39 Å². The number of imidazole rings is 1. The van der Waals surface area contributed by atoms with Crippen LogP contribution >= 0.6 is 0 Å². The Balaban J connectivity index is 2.36. The molecule has 0 spiro atoms. The van der Waals surface area contributed by atoms with E-state index in [1.807, 2.05) is 13.8 Å². The molecule has 0 saturated heterocycles. The predicted molar refractivity (Wildman–Crippen MR) is 59.8 cm³/mol. The molecule has 0 saturated carbocycles. The van der Waals surface area contributed by atoms with Gasteiger partial charge in [-0.15, -0.1) is 10.2 Å². The zero-order valence-electron chi connectivity index (χ0n) is 9.88. The number of nitrogens with zero attached hydrogens (tertiary/aromatic N) is 4. The number of rotatable bonds is 3. The molecule has 0 aliphatic heterocycles. The third kappa shape index (κ3) is 2.25. The van der Waals surface area contributed by atoms with Gasteiger partial charge >= 0.3 is 0 Å². The van der Waals surface area contributed by atoms with Gasteiger partial charge in [-0.25, -0.2) is 9.37 Å². The molecular weight excluding hydrogens is 223 g/mol. The molecule has 0 radical (unpaired) electrons. The number of halogens is 1. The largest absolute Gasteiger partial charge is 0.478 e. The first kappa shape index (κ1) is 11.5. The van der Waals surface area contributed by atoms with Crippen LogP contribution < -0.4 is 4.74 Å². The lowest BCUT2D eigenvalue weighted by Gasteiger charge is -2.03. The number of hydrogen-bond acceptors (Lipinski definition) is 4. The first-order valence-electron chi connectivity index (χ1n) is 5.23. The third-order valence-electron chi connectivity index (χ3n) is 2.36. The van der Waals surface area contributed by atoms with Gasteiger partial charge in [0.25, 0.3) is 5.88 Å². The van der Waals surface area contributed by atoms with Crippen LogP contribution in [0.2, 0.25) is 0 Å². The van der Waals surface area contributed by atoms with Crippen molar-refractivity contribution in [3.05, 3.63) is 30.1 Å². The standard InChI is InChI=1S/C11H13FN4O/c1-7(2)9-5-16(6-13-9)10-4-8(12)11(17-3)15-14-10/h4-7H,1-3H3. The van der Waals surface area contributed by atoms with Crippen molar-refractivity contribution in [1.29, 1.82) is 0 Å². The van der Waals surface area contributed by atoms with E-state index >= 15 is 0 Å². The van der Waals surface area contributed by atoms with Crippen LogP contribution in [0.25, 0.3) is 5.82 Å². The average Bonchev–Trinajstić information content (AvgIpc) is 2.78. The van der Waals surface area contributed by atoms with Gasteiger partial charge in [-0.05, 0) is 5.92 Å². The second kappa shape index (κ2) is 4.48. The van der Waals surface area contributed by atoms with E-state index in [2.05, 4.69) is 15.2 Å². The van der Waals surface area contributed by atoms with E-state index in [-0.39, 0.29) is 5.88 Å². The molecule has 2 aromatic rings. The maximum absolute atomic E-state index is 13.4. The summed E-state index contributed by atoms with van der Waals surface area (Å²) in [5.74, 6) is 0.0326. The van der Waals surface area contributed by atoms with E-state index in [1.165, 1.54) is 13.2 Å². The van der Waals surface area contributed by atoms with Gasteiger partial charge in [0, 0.05) is 12.3 Å². The third-order valence-corrected chi connectivity index (χ3v) is 2.36. The molecular formula is C11H13FN4O. The highest BCUT2D eigenvalue weighted by Crippen LogP contribution is 2.16. The molecule has 0 atom stereocenters. The number of hydrogen-bond donors (Lipinski definition) is 0. The van der Waals surface area contributed by atoms with Gasteiger partial charge in [0.15, 0.2) is 11.6 Å². The van der Waals surface area contributed by atoms with Crippen LogP contribution in [0.4, 0.5) is 4.39 Å². The average molecular weight is 236 g/mol. The van der Waals surface area contributed by atoms with E-state index in [1.54, 1.807) is 17.1 Å². The van der Waals surface area contributed by atoms with Crippen molar-refractivity contribution in [2.24, 2.45) is 0 Å². The summed E-state index contributed by atoms with van der Waals surface area (Å²) in [5.41, 5.74) is 0.919. The Morgan fingerprint density at radius 2 is 2.12 bits per heavy atom. The normalized spacial score (nSPS) is 10.9. The number of methoxy groups -OCH3 is 1. The Labute approximate surface area is 98.3 Å². The molecule has 0 bridgehead atoms. The van der Waals surface area contributed by atoms with Crippen LogP contribution in [0.15, 0.2) is 18.6 Å². The molecule has 90 valence electrons. The summed E-state index contributed by atoms with van der Waals surface area (Å²) in [5, 5.41) is 7.49. The van der Waals surface area contributed by atoms with Crippen molar-refractivity contribution in [3.8, 4) is 11.7 Å². The fraction of sp³-hybridized carbons (Fsp3) is 0.364. The minimum atomic E-state index is -0.544. The lowest BCUT2D eigenvalue weighted by Crippen LogP contribution is -2.01. The van der Waals surface area contributed by atoms with Gasteiger partial charge in [0.05, 0.1) is 12.8 Å². The molecule has 2 heterocycles. The van der Waals surface area contributed by atoms with Gasteiger partial charge in [-0.1, -0.05) is 13.8 Å². The molecule has 6 heteroatoms. The van der Waals surface area contributed by atoms with Crippen LogP contribution in [0.3, 0.4) is 0 Å². The van der Waals surface area contributed by atoms with Crippen LogP contribution in [-0.4, -0.2) is 26.9 Å². The Kier molecular flexibility index (Phi) is 3.03. The first-order valence-corrected chi connectivity index (χ1v) is 5.23. The highest BCUT2D eigenvalue weighted by atomic mass is 19.1. The van der Waals surface area contributed by atoms with Crippen LogP contribution in [0.5, 0.6) is 5.88 Å². The fourth-order valence-electron chi connectivity index (χ4n) is 1.37. The zero-order valence-corrected chi connectivity index (χ0v) is 9.88. The Morgan fingerprint density at radius 3 is 2.65 bits per heavy atom. The van der Waals surface area contributed by atoms with Gasteiger partial charge < -0.3 is 4.74 Å². The van der Waals surface area contributed by atoms with Gasteiger partial charge in [-0.3, -0.25) is 4.57 Å². The maximum Gasteiger partial charge on any atom is 0.269 e. The van der Waals surface area contributed by atoms with Crippen molar-refractivity contribution in [3.63, 3.8) is 0 Å². The summed E-state index contributed by atoms with van der Waals surface area (Å²) in [6.45, 7) is 4.07. The van der Waals surface area contributed by atoms with Crippen molar-refractivity contribution < 1.29 is 9.13 Å². The molecule has 0 N–H and O–H groups in total. The molecule has 2 rings (SSSR count). The molecule has 0 unspecified atom stereocenters. The van der Waals surface area contributed by atoms with Crippen LogP contribution in [0, 0.1) is 5.82 Å². The molecule has 2 aromatic heterocycles. The second-order valence-electron chi connectivity index (χ2n) is 3.92. The Bertz CT molecular complexity index is 524. The topological polar surface area (TPSA) is 52.8 Å². The molecule has 0 amide bonds. The summed E-state index contributed by atoms with van der Waals surface area (Å²) in [6.07, 6.45) is 3.39. The molecule has 17 heavy (non-hydrogen) atoms. The minimum Gasteiger partial charge on any atom is -0.478 e. The van der Waals surface area contributed by atoms with Gasteiger partial charge in [0.1, 0.15) is 6.33 Å². The molecule has 0 aliphatic carbocycles. The van der Waals surface area contributed by atoms with Gasteiger partial charge in [-0.2, -0.15) is 0 Å². The lowest BCUT2D eigenvalue weighted by molar-refractivity contribution is 0.362.